The molecule has 3 heterocycles. The number of piperidine rings is 1. The number of aromatic nitrogens is 2. The van der Waals surface area contributed by atoms with Gasteiger partial charge >= 0.3 is 18.3 Å². The number of aliphatic imine (C=N–C) groups is 1. The number of hydrogen-bond donors (Lipinski definition) is 0. The first kappa shape index (κ1) is 39.1. The maximum Gasteiger partial charge on any atom is 0.416 e. The van der Waals surface area contributed by atoms with Crippen molar-refractivity contribution in [1.29, 1.82) is 0 Å². The Morgan fingerprint density at radius 2 is 1.54 bits per heavy atom. The van der Waals surface area contributed by atoms with E-state index in [1.807, 2.05) is 42.0 Å². The van der Waals surface area contributed by atoms with Crippen LogP contribution in [-0.2, 0) is 40.3 Å². The summed E-state index contributed by atoms with van der Waals surface area (Å²) in [7, 11) is 3.15. The molecular formula is C38H47F6N5O3. The number of halogens is 6. The van der Waals surface area contributed by atoms with Gasteiger partial charge < -0.3 is 14.5 Å². The highest BCUT2D eigenvalue weighted by Crippen LogP contribution is 2.40. The molecule has 8 nitrogen and oxygen atoms in total. The minimum atomic E-state index is -4.98. The lowest BCUT2D eigenvalue weighted by molar-refractivity contribution is -0.146. The van der Waals surface area contributed by atoms with Crippen molar-refractivity contribution < 1.29 is 40.7 Å². The number of amides is 1. The van der Waals surface area contributed by atoms with E-state index in [9.17, 15) is 35.9 Å². The number of carbonyl (C=O) groups is 2. The maximum absolute atomic E-state index is 14.2. The molecule has 2 aliphatic heterocycles. The fourth-order valence-electron chi connectivity index (χ4n) is 7.93. The number of allylic oxidation sites excluding steroid dienone is 3. The summed E-state index contributed by atoms with van der Waals surface area (Å²) < 4.78 is 90.0. The van der Waals surface area contributed by atoms with Gasteiger partial charge in [0.25, 0.3) is 0 Å². The van der Waals surface area contributed by atoms with E-state index in [0.29, 0.717) is 57.2 Å². The molecule has 1 aromatic heterocycles. The van der Waals surface area contributed by atoms with Gasteiger partial charge in [-0.25, -0.2) is 4.99 Å². The predicted octanol–water partition coefficient (Wildman–Crippen LogP) is 8.58. The number of esters is 1. The first-order valence-corrected chi connectivity index (χ1v) is 18.0. The molecule has 0 N–H and O–H groups in total. The molecule has 0 radical (unpaired) electrons. The lowest BCUT2D eigenvalue weighted by Gasteiger charge is -2.50. The van der Waals surface area contributed by atoms with Gasteiger partial charge in [-0.15, -0.1) is 0 Å². The average molecular weight is 736 g/mol. The molecular weight excluding hydrogens is 688 g/mol. The van der Waals surface area contributed by atoms with Crippen molar-refractivity contribution in [3.05, 3.63) is 70.8 Å². The van der Waals surface area contributed by atoms with E-state index < -0.39 is 23.5 Å². The second kappa shape index (κ2) is 16.3. The van der Waals surface area contributed by atoms with E-state index in [1.165, 1.54) is 7.11 Å². The van der Waals surface area contributed by atoms with Crippen molar-refractivity contribution in [2.45, 2.75) is 115 Å². The van der Waals surface area contributed by atoms with Crippen molar-refractivity contribution >= 4 is 23.7 Å². The molecule has 1 saturated heterocycles. The number of ether oxygens (including phenoxy) is 1. The number of aryl methyl sites for hydroxylation is 1. The number of hydrogen-bond acceptors (Lipinski definition) is 6. The normalized spacial score (nSPS) is 24.2. The summed E-state index contributed by atoms with van der Waals surface area (Å²) in [5.41, 5.74) is -1.25. The third-order valence-corrected chi connectivity index (χ3v) is 10.7. The van der Waals surface area contributed by atoms with Gasteiger partial charge in [0.05, 0.1) is 24.4 Å². The smallest absolute Gasteiger partial charge is 0.416 e. The summed E-state index contributed by atoms with van der Waals surface area (Å²) in [6.45, 7) is 3.74. The number of rotatable bonds is 10. The van der Waals surface area contributed by atoms with Gasteiger partial charge in [-0.05, 0) is 99.1 Å². The van der Waals surface area contributed by atoms with Gasteiger partial charge in [-0.1, -0.05) is 19.9 Å². The highest BCUT2D eigenvalue weighted by molar-refractivity contribution is 6.10. The van der Waals surface area contributed by atoms with Gasteiger partial charge in [0.2, 0.25) is 5.91 Å². The van der Waals surface area contributed by atoms with Crippen LogP contribution in [0.5, 0.6) is 0 Å². The minimum Gasteiger partial charge on any atom is -0.469 e. The molecule has 1 aliphatic carbocycles. The summed E-state index contributed by atoms with van der Waals surface area (Å²) in [5.74, 6) is 0.261. The van der Waals surface area contributed by atoms with Crippen molar-refractivity contribution in [2.24, 2.45) is 23.9 Å². The van der Waals surface area contributed by atoms with E-state index in [0.717, 1.165) is 36.1 Å². The van der Waals surface area contributed by atoms with Crippen LogP contribution in [0.4, 0.5) is 26.3 Å². The van der Waals surface area contributed by atoms with Crippen LogP contribution in [0.2, 0.25) is 0 Å². The quantitative estimate of drug-likeness (QED) is 0.181. The number of alkyl halides is 6. The molecule has 2 fully saturated rings. The van der Waals surface area contributed by atoms with E-state index in [4.69, 9.17) is 9.73 Å². The summed E-state index contributed by atoms with van der Waals surface area (Å²) >= 11 is 0. The van der Waals surface area contributed by atoms with Gasteiger partial charge in [0.15, 0.2) is 0 Å². The number of methoxy groups -OCH3 is 1. The molecule has 0 unspecified atom stereocenters. The van der Waals surface area contributed by atoms with Crippen LogP contribution < -0.4 is 0 Å². The first-order chi connectivity index (χ1) is 24.6. The molecule has 0 spiro atoms. The number of nitrogens with zero attached hydrogens (tertiary/aromatic N) is 5. The Bertz CT molecular complexity index is 1620. The van der Waals surface area contributed by atoms with Crippen molar-refractivity contribution in [3.8, 4) is 0 Å². The number of carbonyl (C=O) groups excluding carboxylic acids is 2. The molecule has 3 aliphatic rings. The summed E-state index contributed by atoms with van der Waals surface area (Å²) in [6.07, 6.45) is 4.80. The van der Waals surface area contributed by atoms with Crippen molar-refractivity contribution in [3.63, 3.8) is 0 Å². The second-order valence-corrected chi connectivity index (χ2v) is 14.2. The third kappa shape index (κ3) is 9.27. The molecule has 3 atom stereocenters. The highest BCUT2D eigenvalue weighted by Gasteiger charge is 2.43. The zero-order valence-corrected chi connectivity index (χ0v) is 30.0. The summed E-state index contributed by atoms with van der Waals surface area (Å²) in [6, 6.07) is 0.991. The van der Waals surface area contributed by atoms with E-state index in [-0.39, 0.29) is 60.0 Å². The topological polar surface area (TPSA) is 80.0 Å². The molecule has 284 valence electrons. The Kier molecular flexibility index (Phi) is 12.2. The largest absolute Gasteiger partial charge is 0.469 e. The van der Waals surface area contributed by atoms with E-state index in [1.54, 1.807) is 24.1 Å². The number of benzene rings is 1. The lowest BCUT2D eigenvalue weighted by Crippen LogP contribution is -2.57. The van der Waals surface area contributed by atoms with Gasteiger partial charge in [0, 0.05) is 62.0 Å². The van der Waals surface area contributed by atoms with Crippen molar-refractivity contribution in [1.82, 2.24) is 19.6 Å². The van der Waals surface area contributed by atoms with Crippen LogP contribution in [0, 0.1) is 11.8 Å². The lowest BCUT2D eigenvalue weighted by atomic mass is 9.78. The Morgan fingerprint density at radius 1 is 0.923 bits per heavy atom. The maximum atomic E-state index is 14.2. The molecule has 1 amide bonds. The van der Waals surface area contributed by atoms with Crippen LogP contribution >= 0.6 is 0 Å². The molecule has 1 aromatic carbocycles. The fraction of sp³-hybridized carbons (Fsp3) is 0.579. The molecule has 14 heteroatoms. The Hall–Kier alpha value is -4.10. The van der Waals surface area contributed by atoms with Gasteiger partial charge in [-0.3, -0.25) is 14.3 Å². The van der Waals surface area contributed by atoms with Crippen LogP contribution in [-0.4, -0.2) is 62.9 Å². The zero-order valence-electron chi connectivity index (χ0n) is 30.0. The monoisotopic (exact) mass is 735 g/mol. The molecule has 52 heavy (non-hydrogen) atoms. The zero-order chi connectivity index (χ0) is 37.8. The summed E-state index contributed by atoms with van der Waals surface area (Å²) in [4.78, 5) is 34.6. The second-order valence-electron chi connectivity index (χ2n) is 14.2. The van der Waals surface area contributed by atoms with Crippen molar-refractivity contribution in [2.75, 3.05) is 7.11 Å². The Balaban J connectivity index is 1.45. The number of likely N-dealkylation sites (tertiary alicyclic amines) is 1. The molecule has 5 rings (SSSR count). The van der Waals surface area contributed by atoms with Crippen LogP contribution in [0.25, 0.3) is 5.57 Å². The van der Waals surface area contributed by atoms with Gasteiger partial charge in [0.1, 0.15) is 5.82 Å². The van der Waals surface area contributed by atoms with Gasteiger partial charge in [-0.2, -0.15) is 31.4 Å². The first-order valence-electron chi connectivity index (χ1n) is 18.0. The third-order valence-electron chi connectivity index (χ3n) is 10.7. The fourth-order valence-corrected chi connectivity index (χ4v) is 7.93. The minimum absolute atomic E-state index is 0.0740. The SMILES string of the molecule is CC[C@@H]1C[C@H](N(Cc2cc(C(F)(F)F)cc(C(F)(F)F)c2)C2=CCC=C(c3cnn(C)c3)C=N2)C[C@H](CC)N1C(=O)[C@H]1CC[C@H](CC(=O)OC)CC1. The standard InChI is InChI=1S/C38H47F6N5O3/c1-5-31-18-33(19-32(6-2)49(31)36(51)26-12-10-24(11-13-26)16-35(50)52-4)48(34-9-7-8-27(20-45-34)28-21-46-47(3)23-28)22-25-14-29(37(39,40)41)17-30(15-25)38(42,43)44/h8-9,14-15,17,20-21,23-24,26,31-33H,5-7,10-13,16,18-19,22H2,1-4H3/t24-,26-,31-,32+,33+. The van der Waals surface area contributed by atoms with Crippen LogP contribution in [0.15, 0.2) is 53.6 Å². The average Bonchev–Trinajstić information content (AvgIpc) is 3.40. The molecule has 0 bridgehead atoms. The van der Waals surface area contributed by atoms with E-state index >= 15 is 0 Å². The Morgan fingerprint density at radius 3 is 2.06 bits per heavy atom. The van der Waals surface area contributed by atoms with Crippen LogP contribution in [0.1, 0.15) is 100 Å². The van der Waals surface area contributed by atoms with Crippen LogP contribution in [0.3, 0.4) is 0 Å². The molecule has 2 aromatic rings. The predicted molar refractivity (Wildman–Crippen MR) is 184 cm³/mol. The van der Waals surface area contributed by atoms with E-state index in [2.05, 4.69) is 5.10 Å². The summed E-state index contributed by atoms with van der Waals surface area (Å²) in [5, 5.41) is 4.22. The highest BCUT2D eigenvalue weighted by atomic mass is 19.4. The Labute approximate surface area is 300 Å². The molecule has 1 saturated carbocycles.